The Hall–Kier alpha value is -3.91. The molecule has 1 aliphatic heterocycles. The van der Waals surface area contributed by atoms with E-state index >= 15 is 0 Å². The Labute approximate surface area is 194 Å². The van der Waals surface area contributed by atoms with Gasteiger partial charge in [-0.2, -0.15) is 0 Å². The number of aliphatic imine (C=N–C) groups is 1. The Bertz CT molecular complexity index is 1290. The van der Waals surface area contributed by atoms with E-state index in [1.165, 1.54) is 12.1 Å². The second kappa shape index (κ2) is 9.30. The number of amides is 1. The SMILES string of the molecule is CC(C(=O)O)c1ccc(N=C2NC(=O)C(=Cc3ccc(-c4ccc(N)cc4)cc3F)S2)cc1. The molecule has 0 aromatic heterocycles. The molecule has 3 aromatic rings. The van der Waals surface area contributed by atoms with E-state index in [2.05, 4.69) is 10.3 Å². The zero-order valence-corrected chi connectivity index (χ0v) is 18.4. The van der Waals surface area contributed by atoms with Crippen molar-refractivity contribution in [1.82, 2.24) is 5.32 Å². The number of carbonyl (C=O) groups excluding carboxylic acids is 1. The number of amidine groups is 1. The molecule has 3 aromatic carbocycles. The van der Waals surface area contributed by atoms with E-state index in [4.69, 9.17) is 10.8 Å². The van der Waals surface area contributed by atoms with Crippen molar-refractivity contribution in [3.8, 4) is 11.1 Å². The maximum atomic E-state index is 14.7. The molecule has 6 nitrogen and oxygen atoms in total. The molecular weight excluding hydrogens is 441 g/mol. The minimum absolute atomic E-state index is 0.292. The number of carbonyl (C=O) groups is 2. The van der Waals surface area contributed by atoms with Crippen LogP contribution in [0.4, 0.5) is 15.8 Å². The molecular formula is C25H20FN3O3S. The van der Waals surface area contributed by atoms with E-state index in [-0.39, 0.29) is 5.91 Å². The van der Waals surface area contributed by atoms with Gasteiger partial charge in [-0.15, -0.1) is 0 Å². The summed E-state index contributed by atoms with van der Waals surface area (Å²) >= 11 is 1.11. The zero-order valence-electron chi connectivity index (χ0n) is 17.6. The zero-order chi connectivity index (χ0) is 23.5. The number of benzene rings is 3. The molecule has 4 rings (SSSR count). The van der Waals surface area contributed by atoms with Crippen molar-refractivity contribution in [3.05, 3.63) is 88.6 Å². The summed E-state index contributed by atoms with van der Waals surface area (Å²) in [6.07, 6.45) is 1.49. The van der Waals surface area contributed by atoms with Crippen LogP contribution in [0.3, 0.4) is 0 Å². The van der Waals surface area contributed by atoms with E-state index < -0.39 is 17.7 Å². The number of hydrogen-bond acceptors (Lipinski definition) is 5. The molecule has 8 heteroatoms. The normalized spacial score (nSPS) is 16.7. The maximum absolute atomic E-state index is 14.7. The van der Waals surface area contributed by atoms with Crippen LogP contribution in [-0.2, 0) is 9.59 Å². The van der Waals surface area contributed by atoms with E-state index in [0.29, 0.717) is 38.1 Å². The smallest absolute Gasteiger partial charge is 0.310 e. The molecule has 33 heavy (non-hydrogen) atoms. The highest BCUT2D eigenvalue weighted by Crippen LogP contribution is 2.30. The summed E-state index contributed by atoms with van der Waals surface area (Å²) in [5, 5.41) is 12.1. The van der Waals surface area contributed by atoms with Crippen LogP contribution in [0.1, 0.15) is 24.0 Å². The van der Waals surface area contributed by atoms with Gasteiger partial charge in [0.1, 0.15) is 5.82 Å². The van der Waals surface area contributed by atoms with Gasteiger partial charge in [-0.3, -0.25) is 9.59 Å². The first-order valence-corrected chi connectivity index (χ1v) is 10.9. The number of carboxylic acids is 1. The number of anilines is 1. The predicted octanol–water partition coefficient (Wildman–Crippen LogP) is 5.15. The lowest BCUT2D eigenvalue weighted by Gasteiger charge is -2.06. The Morgan fingerprint density at radius 2 is 1.76 bits per heavy atom. The first kappa shape index (κ1) is 22.3. The van der Waals surface area contributed by atoms with Crippen LogP contribution < -0.4 is 11.1 Å². The second-order valence-electron chi connectivity index (χ2n) is 7.49. The van der Waals surface area contributed by atoms with Crippen LogP contribution in [0.2, 0.25) is 0 Å². The number of aliphatic carboxylic acids is 1. The van der Waals surface area contributed by atoms with Crippen molar-refractivity contribution in [3.63, 3.8) is 0 Å². The second-order valence-corrected chi connectivity index (χ2v) is 8.52. The molecule has 1 aliphatic rings. The van der Waals surface area contributed by atoms with Crippen molar-refractivity contribution in [1.29, 1.82) is 0 Å². The van der Waals surface area contributed by atoms with Gasteiger partial charge in [-0.25, -0.2) is 9.38 Å². The third kappa shape index (κ3) is 5.12. The number of nitrogens with two attached hydrogens (primary N) is 1. The summed E-state index contributed by atoms with van der Waals surface area (Å²) < 4.78 is 14.7. The molecule has 1 heterocycles. The minimum Gasteiger partial charge on any atom is -0.481 e. The third-order valence-corrected chi connectivity index (χ3v) is 6.09. The molecule has 1 unspecified atom stereocenters. The number of nitrogens with one attached hydrogen (secondary N) is 1. The molecule has 4 N–H and O–H groups in total. The molecule has 1 amide bonds. The van der Waals surface area contributed by atoms with Crippen LogP contribution >= 0.6 is 11.8 Å². The Kier molecular flexibility index (Phi) is 6.28. The quantitative estimate of drug-likeness (QED) is 0.360. The van der Waals surface area contributed by atoms with Gasteiger partial charge in [0.15, 0.2) is 5.17 Å². The van der Waals surface area contributed by atoms with Gasteiger partial charge >= 0.3 is 5.97 Å². The largest absolute Gasteiger partial charge is 0.481 e. The molecule has 0 spiro atoms. The number of hydrogen-bond donors (Lipinski definition) is 3. The highest BCUT2D eigenvalue weighted by atomic mass is 32.2. The van der Waals surface area contributed by atoms with Crippen molar-refractivity contribution in [2.45, 2.75) is 12.8 Å². The number of halogens is 1. The third-order valence-electron chi connectivity index (χ3n) is 5.18. The highest BCUT2D eigenvalue weighted by Gasteiger charge is 2.24. The summed E-state index contributed by atoms with van der Waals surface area (Å²) in [5.41, 5.74) is 9.40. The summed E-state index contributed by atoms with van der Waals surface area (Å²) in [4.78, 5) is 28.2. The summed E-state index contributed by atoms with van der Waals surface area (Å²) in [7, 11) is 0. The fraction of sp³-hybridized carbons (Fsp3) is 0.0800. The summed E-state index contributed by atoms with van der Waals surface area (Å²) in [5.74, 6) is -2.34. The summed E-state index contributed by atoms with van der Waals surface area (Å²) in [6.45, 7) is 1.61. The number of nitrogens with zero attached hydrogens (tertiary/aromatic N) is 1. The fourth-order valence-electron chi connectivity index (χ4n) is 3.22. The van der Waals surface area contributed by atoms with Crippen LogP contribution in [0.25, 0.3) is 17.2 Å². The highest BCUT2D eigenvalue weighted by molar-refractivity contribution is 8.18. The van der Waals surface area contributed by atoms with E-state index in [9.17, 15) is 14.0 Å². The molecule has 1 atom stereocenters. The molecule has 1 saturated heterocycles. The Morgan fingerprint density at radius 3 is 2.39 bits per heavy atom. The standard InChI is InChI=1S/C25H20FN3O3S/c1-14(24(31)32)15-6-10-20(11-7-15)28-25-29-23(30)22(33-25)13-18-3-2-17(12-21(18)26)16-4-8-19(27)9-5-16/h2-14H,27H2,1H3,(H,31,32)(H,28,29,30). The van der Waals surface area contributed by atoms with Crippen LogP contribution in [0.5, 0.6) is 0 Å². The average molecular weight is 462 g/mol. The van der Waals surface area contributed by atoms with Gasteiger partial charge in [-0.05, 0) is 71.8 Å². The lowest BCUT2D eigenvalue weighted by atomic mass is 10.0. The molecule has 0 aliphatic carbocycles. The number of rotatable bonds is 5. The summed E-state index contributed by atoms with van der Waals surface area (Å²) in [6, 6.07) is 18.7. The molecule has 1 fully saturated rings. The number of nitrogen functional groups attached to an aromatic ring is 1. The average Bonchev–Trinajstić information content (AvgIpc) is 3.14. The van der Waals surface area contributed by atoms with Crippen LogP contribution in [-0.4, -0.2) is 22.2 Å². The van der Waals surface area contributed by atoms with Gasteiger partial charge in [0.05, 0.1) is 16.5 Å². The first-order chi connectivity index (χ1) is 15.8. The predicted molar refractivity (Wildman–Crippen MR) is 130 cm³/mol. The maximum Gasteiger partial charge on any atom is 0.310 e. The Balaban J connectivity index is 1.51. The van der Waals surface area contributed by atoms with Crippen molar-refractivity contribution in [2.75, 3.05) is 5.73 Å². The minimum atomic E-state index is -0.906. The van der Waals surface area contributed by atoms with Crippen molar-refractivity contribution in [2.24, 2.45) is 4.99 Å². The lowest BCUT2D eigenvalue weighted by Crippen LogP contribution is -2.19. The van der Waals surface area contributed by atoms with Crippen LogP contribution in [0, 0.1) is 5.82 Å². The Morgan fingerprint density at radius 1 is 1.09 bits per heavy atom. The number of carboxylic acid groups (broad SMARTS) is 1. The molecule has 0 saturated carbocycles. The van der Waals surface area contributed by atoms with Crippen LogP contribution in [0.15, 0.2) is 76.6 Å². The van der Waals surface area contributed by atoms with Gasteiger partial charge in [-0.1, -0.05) is 36.4 Å². The van der Waals surface area contributed by atoms with E-state index in [1.807, 2.05) is 12.1 Å². The topological polar surface area (TPSA) is 105 Å². The van der Waals surface area contributed by atoms with E-state index in [0.717, 1.165) is 17.3 Å². The molecule has 166 valence electrons. The molecule has 0 bridgehead atoms. The van der Waals surface area contributed by atoms with Gasteiger partial charge in [0, 0.05) is 11.3 Å². The number of thioether (sulfide) groups is 1. The molecule has 0 radical (unpaired) electrons. The fourth-order valence-corrected chi connectivity index (χ4v) is 4.05. The lowest BCUT2D eigenvalue weighted by molar-refractivity contribution is -0.138. The van der Waals surface area contributed by atoms with Gasteiger partial charge in [0.25, 0.3) is 5.91 Å². The van der Waals surface area contributed by atoms with Crippen molar-refractivity contribution >= 4 is 46.3 Å². The van der Waals surface area contributed by atoms with E-state index in [1.54, 1.807) is 55.5 Å². The first-order valence-electron chi connectivity index (χ1n) is 10.1. The van der Waals surface area contributed by atoms with Gasteiger partial charge < -0.3 is 16.2 Å². The monoisotopic (exact) mass is 461 g/mol. The van der Waals surface area contributed by atoms with Crippen molar-refractivity contribution < 1.29 is 19.1 Å². The van der Waals surface area contributed by atoms with Gasteiger partial charge in [0.2, 0.25) is 0 Å².